The zero-order valence-corrected chi connectivity index (χ0v) is 13.8. The zero-order valence-electron chi connectivity index (χ0n) is 12.9. The molecule has 1 heterocycles. The zero-order chi connectivity index (χ0) is 16.2. The Morgan fingerprint density at radius 2 is 1.83 bits per heavy atom. The van der Waals surface area contributed by atoms with Gasteiger partial charge in [0.25, 0.3) is 5.17 Å². The van der Waals surface area contributed by atoms with E-state index in [-0.39, 0.29) is 0 Å². The molecule has 4 N–H and O–H groups in total. The summed E-state index contributed by atoms with van der Waals surface area (Å²) < 4.78 is 1.90. The molecule has 0 amide bonds. The van der Waals surface area contributed by atoms with Gasteiger partial charge in [-0.25, -0.2) is 4.68 Å². The topological polar surface area (TPSA) is 69.4 Å². The first-order valence-electron chi connectivity index (χ1n) is 7.35. The van der Waals surface area contributed by atoms with Crippen LogP contribution < -0.4 is 11.1 Å². The lowest BCUT2D eigenvalue weighted by Crippen LogP contribution is -2.43. The summed E-state index contributed by atoms with van der Waals surface area (Å²) in [5, 5.41) is 10.7. The fraction of sp³-hybridized carbons (Fsp3) is 0.111. The van der Waals surface area contributed by atoms with Gasteiger partial charge in [-0.1, -0.05) is 48.0 Å². The van der Waals surface area contributed by atoms with E-state index in [1.165, 1.54) is 17.3 Å². The first-order chi connectivity index (χ1) is 11.1. The first kappa shape index (κ1) is 15.4. The maximum absolute atomic E-state index is 5.60. The number of nitrogens with zero attached hydrogens (tertiary/aromatic N) is 2. The van der Waals surface area contributed by atoms with Gasteiger partial charge in [0.05, 0.1) is 11.4 Å². The van der Waals surface area contributed by atoms with Gasteiger partial charge in [0.2, 0.25) is 0 Å². The van der Waals surface area contributed by atoms with E-state index in [4.69, 9.17) is 16.2 Å². The summed E-state index contributed by atoms with van der Waals surface area (Å²) in [5.41, 5.74) is 11.0. The number of hydrogen-bond acceptors (Lipinski definition) is 2. The molecule has 0 bridgehead atoms. The average molecular weight is 323 g/mol. The molecule has 3 rings (SSSR count). The lowest BCUT2D eigenvalue weighted by molar-refractivity contribution is -0.110. The Bertz CT molecular complexity index is 807. The van der Waals surface area contributed by atoms with Crippen LogP contribution in [0.4, 0.5) is 0 Å². The summed E-state index contributed by atoms with van der Waals surface area (Å²) in [5.74, 6) is 0.693. The number of aryl methyl sites for hydroxylation is 1. The number of hydrogen-bond donors (Lipinski definition) is 2. The van der Waals surface area contributed by atoms with Gasteiger partial charge in [-0.05, 0) is 30.8 Å². The van der Waals surface area contributed by atoms with Crippen LogP contribution in [0.3, 0.4) is 0 Å². The number of aromatic nitrogens is 2. The van der Waals surface area contributed by atoms with Crippen molar-refractivity contribution in [1.29, 1.82) is 0 Å². The maximum atomic E-state index is 5.60. The second-order valence-corrected chi connectivity index (χ2v) is 6.39. The molecule has 0 saturated heterocycles. The third-order valence-corrected chi connectivity index (χ3v) is 4.32. The van der Waals surface area contributed by atoms with E-state index in [1.807, 2.05) is 41.2 Å². The molecule has 0 aliphatic heterocycles. The standard InChI is InChI=1S/C18H18N4S/c1-13-7-9-14(10-8-13)17-15(12-23-18(19)20)11-22(21-17)16-5-3-2-4-6-16/h2-11H,12H2,1H3,(H3,19,20)/p+1. The summed E-state index contributed by atoms with van der Waals surface area (Å²) >= 11 is 1.42. The van der Waals surface area contributed by atoms with Crippen molar-refractivity contribution in [1.82, 2.24) is 9.78 Å². The normalized spacial score (nSPS) is 10.7. The number of amidine groups is 1. The van der Waals surface area contributed by atoms with Gasteiger partial charge in [0, 0.05) is 23.1 Å². The van der Waals surface area contributed by atoms with Crippen LogP contribution in [0.2, 0.25) is 0 Å². The molecule has 0 radical (unpaired) electrons. The van der Waals surface area contributed by atoms with E-state index < -0.39 is 0 Å². The van der Waals surface area contributed by atoms with Crippen LogP contribution in [-0.2, 0) is 5.75 Å². The van der Waals surface area contributed by atoms with E-state index in [1.54, 1.807) is 0 Å². The molecular weight excluding hydrogens is 304 g/mol. The minimum Gasteiger partial charge on any atom is -0.282 e. The third-order valence-electron chi connectivity index (χ3n) is 3.53. The molecule has 3 aromatic rings. The molecule has 0 aliphatic rings. The Morgan fingerprint density at radius 3 is 2.48 bits per heavy atom. The monoisotopic (exact) mass is 323 g/mol. The Labute approximate surface area is 139 Å². The van der Waals surface area contributed by atoms with E-state index >= 15 is 0 Å². The quantitative estimate of drug-likeness (QED) is 0.571. The molecule has 0 aliphatic carbocycles. The summed E-state index contributed by atoms with van der Waals surface area (Å²) in [6.07, 6.45) is 2.04. The lowest BCUT2D eigenvalue weighted by atomic mass is 10.1. The van der Waals surface area contributed by atoms with Crippen LogP contribution in [0.5, 0.6) is 0 Å². The SMILES string of the molecule is Cc1ccc(-c2nn(-c3ccccc3)cc2CSC(N)=[NH2+])cc1. The molecule has 5 heteroatoms. The molecule has 116 valence electrons. The van der Waals surface area contributed by atoms with Gasteiger partial charge in [0.1, 0.15) is 0 Å². The van der Waals surface area contributed by atoms with Crippen molar-refractivity contribution in [3.05, 3.63) is 71.9 Å². The largest absolute Gasteiger partial charge is 0.300 e. The number of benzene rings is 2. The predicted octanol–water partition coefficient (Wildman–Crippen LogP) is 2.15. The fourth-order valence-electron chi connectivity index (χ4n) is 2.34. The van der Waals surface area contributed by atoms with Crippen molar-refractivity contribution >= 4 is 16.9 Å². The minimum atomic E-state index is 0.368. The van der Waals surface area contributed by atoms with Crippen LogP contribution in [0, 0.1) is 6.92 Å². The number of nitrogens with two attached hydrogens (primary N) is 2. The van der Waals surface area contributed by atoms with Crippen molar-refractivity contribution in [2.45, 2.75) is 12.7 Å². The summed E-state index contributed by atoms with van der Waals surface area (Å²) in [7, 11) is 0. The highest BCUT2D eigenvalue weighted by atomic mass is 32.2. The van der Waals surface area contributed by atoms with Crippen molar-refractivity contribution in [3.8, 4) is 16.9 Å². The molecule has 1 aromatic heterocycles. The van der Waals surface area contributed by atoms with Crippen LogP contribution in [0.15, 0.2) is 60.8 Å². The van der Waals surface area contributed by atoms with Gasteiger partial charge >= 0.3 is 0 Å². The Morgan fingerprint density at radius 1 is 1.13 bits per heavy atom. The number of thioether (sulfide) groups is 1. The van der Waals surface area contributed by atoms with Crippen LogP contribution in [0.25, 0.3) is 16.9 Å². The summed E-state index contributed by atoms with van der Waals surface area (Å²) in [6, 6.07) is 18.4. The lowest BCUT2D eigenvalue weighted by Gasteiger charge is -2.02. The highest BCUT2D eigenvalue weighted by molar-refractivity contribution is 8.12. The van der Waals surface area contributed by atoms with Gasteiger partial charge in [-0.2, -0.15) is 5.10 Å². The van der Waals surface area contributed by atoms with Gasteiger partial charge < -0.3 is 0 Å². The molecule has 0 atom stereocenters. The van der Waals surface area contributed by atoms with E-state index in [0.717, 1.165) is 22.5 Å². The second kappa shape index (κ2) is 6.71. The Balaban J connectivity index is 2.03. The molecule has 0 unspecified atom stereocenters. The number of rotatable bonds is 4. The minimum absolute atomic E-state index is 0.368. The molecule has 4 nitrogen and oxygen atoms in total. The van der Waals surface area contributed by atoms with E-state index in [9.17, 15) is 0 Å². The molecule has 23 heavy (non-hydrogen) atoms. The predicted molar refractivity (Wildman–Crippen MR) is 96.2 cm³/mol. The third kappa shape index (κ3) is 3.63. The van der Waals surface area contributed by atoms with Gasteiger partial charge in [-0.15, -0.1) is 0 Å². The van der Waals surface area contributed by atoms with Crippen LogP contribution in [-0.4, -0.2) is 14.9 Å². The maximum Gasteiger partial charge on any atom is 0.300 e. The molecule has 0 saturated carbocycles. The van der Waals surface area contributed by atoms with Crippen molar-refractivity contribution in [2.75, 3.05) is 0 Å². The first-order valence-corrected chi connectivity index (χ1v) is 8.34. The molecule has 0 spiro atoms. The van der Waals surface area contributed by atoms with Crippen LogP contribution in [0.1, 0.15) is 11.1 Å². The highest BCUT2D eigenvalue weighted by Crippen LogP contribution is 2.27. The van der Waals surface area contributed by atoms with Gasteiger partial charge in [-0.3, -0.25) is 11.1 Å². The van der Waals surface area contributed by atoms with Crippen molar-refractivity contribution in [3.63, 3.8) is 0 Å². The van der Waals surface area contributed by atoms with E-state index in [0.29, 0.717) is 10.9 Å². The fourth-order valence-corrected chi connectivity index (χ4v) is 2.88. The average Bonchev–Trinajstić information content (AvgIpc) is 2.99. The molecular formula is C18H19N4S+. The van der Waals surface area contributed by atoms with Gasteiger partial charge in [0.15, 0.2) is 0 Å². The summed E-state index contributed by atoms with van der Waals surface area (Å²) in [4.78, 5) is 0. The van der Waals surface area contributed by atoms with E-state index in [2.05, 4.69) is 31.2 Å². The highest BCUT2D eigenvalue weighted by Gasteiger charge is 2.13. The number of para-hydroxylation sites is 1. The Kier molecular flexibility index (Phi) is 4.48. The second-order valence-electron chi connectivity index (χ2n) is 5.34. The van der Waals surface area contributed by atoms with Crippen LogP contribution >= 0.6 is 11.8 Å². The molecule has 2 aromatic carbocycles. The van der Waals surface area contributed by atoms with Crippen molar-refractivity contribution < 1.29 is 5.41 Å². The molecule has 0 fully saturated rings. The van der Waals surface area contributed by atoms with Crippen molar-refractivity contribution in [2.24, 2.45) is 5.73 Å². The summed E-state index contributed by atoms with van der Waals surface area (Å²) in [6.45, 7) is 2.08. The Hall–Kier alpha value is -2.53. The smallest absolute Gasteiger partial charge is 0.282 e.